The summed E-state index contributed by atoms with van der Waals surface area (Å²) < 4.78 is 20.8. The van der Waals surface area contributed by atoms with Crippen LogP contribution >= 0.6 is 22.9 Å². The Bertz CT molecular complexity index is 1210. The van der Waals surface area contributed by atoms with E-state index in [1.54, 1.807) is 36.6 Å². The molecule has 0 bridgehead atoms. The molecule has 3 unspecified atom stereocenters. The smallest absolute Gasteiger partial charge is 0.308 e. The largest absolute Gasteiger partial charge is 0.497 e. The van der Waals surface area contributed by atoms with Crippen LogP contribution in [-0.2, 0) is 4.79 Å². The third-order valence-electron chi connectivity index (χ3n) is 6.39. The van der Waals surface area contributed by atoms with Gasteiger partial charge < -0.3 is 9.84 Å². The van der Waals surface area contributed by atoms with Crippen molar-refractivity contribution in [3.8, 4) is 17.6 Å². The Morgan fingerprint density at radius 1 is 1.44 bits per heavy atom. The first-order valence-corrected chi connectivity index (χ1v) is 12.5. The molecule has 3 heterocycles. The fraction of sp³-hybridized carbons (Fsp3) is 0.385. The van der Waals surface area contributed by atoms with Crippen LogP contribution in [0.1, 0.15) is 36.6 Å². The van der Waals surface area contributed by atoms with E-state index in [0.29, 0.717) is 48.1 Å². The quantitative estimate of drug-likeness (QED) is 0.414. The van der Waals surface area contributed by atoms with Crippen molar-refractivity contribution in [3.05, 3.63) is 57.4 Å². The van der Waals surface area contributed by atoms with Gasteiger partial charge in [0.15, 0.2) is 0 Å². The number of carboxylic acid groups (broad SMARTS) is 1. The van der Waals surface area contributed by atoms with Crippen molar-refractivity contribution < 1.29 is 19.0 Å². The average molecular weight is 501 g/mol. The molecule has 4 rings (SSSR count). The molecule has 3 aromatic rings. The third-order valence-corrected chi connectivity index (χ3v) is 7.37. The number of ether oxygens (including phenoxy) is 1. The van der Waals surface area contributed by atoms with Crippen molar-refractivity contribution >= 4 is 39.8 Å². The van der Waals surface area contributed by atoms with Crippen molar-refractivity contribution in [2.45, 2.75) is 25.4 Å². The second kappa shape index (κ2) is 11.2. The second-order valence-corrected chi connectivity index (χ2v) is 9.68. The number of likely N-dealkylation sites (tertiary alicyclic amines) is 1. The number of benzene rings is 1. The van der Waals surface area contributed by atoms with Crippen LogP contribution in [-0.4, -0.2) is 47.7 Å². The van der Waals surface area contributed by atoms with Crippen LogP contribution in [0.5, 0.6) is 5.75 Å². The molecular weight excluding hydrogens is 475 g/mol. The van der Waals surface area contributed by atoms with E-state index in [2.05, 4.69) is 21.7 Å². The van der Waals surface area contributed by atoms with Crippen LogP contribution in [0.4, 0.5) is 4.39 Å². The lowest BCUT2D eigenvalue weighted by molar-refractivity contribution is -0.146. The average Bonchev–Trinajstić information content (AvgIpc) is 3.36. The normalized spacial score (nSPS) is 19.4. The van der Waals surface area contributed by atoms with E-state index in [4.69, 9.17) is 16.3 Å². The van der Waals surface area contributed by atoms with Crippen LogP contribution < -0.4 is 4.74 Å². The summed E-state index contributed by atoms with van der Waals surface area (Å²) in [5.41, 5.74) is 2.00. The van der Waals surface area contributed by atoms with Gasteiger partial charge in [0.1, 0.15) is 11.9 Å². The number of alkyl halides is 1. The Morgan fingerprint density at radius 2 is 2.29 bits per heavy atom. The number of carboxylic acids is 1. The Morgan fingerprint density at radius 3 is 3.03 bits per heavy atom. The van der Waals surface area contributed by atoms with Crippen LogP contribution in [0.3, 0.4) is 0 Å². The number of piperidine rings is 1. The Balaban J connectivity index is 1.42. The molecule has 1 fully saturated rings. The Kier molecular flexibility index (Phi) is 8.04. The van der Waals surface area contributed by atoms with Crippen molar-refractivity contribution in [3.63, 3.8) is 0 Å². The molecule has 1 aliphatic heterocycles. The molecule has 0 saturated carbocycles. The highest BCUT2D eigenvalue weighted by Gasteiger charge is 2.34. The van der Waals surface area contributed by atoms with E-state index in [-0.39, 0.29) is 17.4 Å². The Labute approximate surface area is 207 Å². The highest BCUT2D eigenvalue weighted by Crippen LogP contribution is 2.38. The van der Waals surface area contributed by atoms with E-state index in [9.17, 15) is 9.90 Å². The number of aliphatic carboxylic acids is 1. The number of hydrogen-bond acceptors (Lipinski definition) is 5. The maximum Gasteiger partial charge on any atom is 0.308 e. The number of thiophene rings is 1. The van der Waals surface area contributed by atoms with Gasteiger partial charge in [-0.25, -0.2) is 4.39 Å². The van der Waals surface area contributed by atoms with E-state index in [1.165, 1.54) is 6.20 Å². The Hall–Kier alpha value is -2.66. The SMILES string of the molecule is COc1ccc2ncc(Cl)c(C(F)CCC3CCN(CC#Cc4ccsc4)CC3C(=O)O)c2c1. The minimum absolute atomic E-state index is 0.0988. The highest BCUT2D eigenvalue weighted by atomic mass is 35.5. The number of hydrogen-bond donors (Lipinski definition) is 1. The van der Waals surface area contributed by atoms with E-state index >= 15 is 4.39 Å². The molecular formula is C26H26ClFN2O3S. The summed E-state index contributed by atoms with van der Waals surface area (Å²) in [5, 5.41) is 14.7. The molecule has 3 atom stereocenters. The minimum atomic E-state index is -1.32. The van der Waals surface area contributed by atoms with Crippen LogP contribution in [0.2, 0.25) is 5.02 Å². The predicted molar refractivity (Wildman–Crippen MR) is 133 cm³/mol. The van der Waals surface area contributed by atoms with Crippen molar-refractivity contribution in [2.24, 2.45) is 11.8 Å². The van der Waals surface area contributed by atoms with Gasteiger partial charge in [0.25, 0.3) is 0 Å². The standard InChI is InChI=1S/C26H26ClFN2O3S/c1-33-19-5-7-24-20(13-19)25(22(27)14-29-24)23(28)6-4-18-8-11-30(15-21(18)26(31)32)10-2-3-17-9-12-34-16-17/h5,7,9,12-14,16,18,21,23H,4,6,8,10-11,15H2,1H3,(H,31,32). The summed E-state index contributed by atoms with van der Waals surface area (Å²) in [6.07, 6.45) is 1.50. The summed E-state index contributed by atoms with van der Waals surface area (Å²) in [7, 11) is 1.55. The van der Waals surface area contributed by atoms with Gasteiger partial charge >= 0.3 is 5.97 Å². The number of pyridine rings is 1. The van der Waals surface area contributed by atoms with Crippen molar-refractivity contribution in [1.82, 2.24) is 9.88 Å². The lowest BCUT2D eigenvalue weighted by Gasteiger charge is -2.36. The van der Waals surface area contributed by atoms with Gasteiger partial charge in [-0.15, -0.1) is 0 Å². The van der Waals surface area contributed by atoms with Crippen LogP contribution in [0.25, 0.3) is 10.9 Å². The van der Waals surface area contributed by atoms with Crippen molar-refractivity contribution in [2.75, 3.05) is 26.7 Å². The van der Waals surface area contributed by atoms with Crippen LogP contribution in [0, 0.1) is 23.7 Å². The summed E-state index contributed by atoms with van der Waals surface area (Å²) in [6, 6.07) is 7.26. The van der Waals surface area contributed by atoms with Gasteiger partial charge in [0.2, 0.25) is 0 Å². The zero-order valence-corrected chi connectivity index (χ0v) is 20.4. The first-order valence-electron chi connectivity index (χ1n) is 11.2. The predicted octanol–water partition coefficient (Wildman–Crippen LogP) is 5.82. The molecule has 34 heavy (non-hydrogen) atoms. The first-order chi connectivity index (χ1) is 16.5. The first kappa shape index (κ1) is 24.5. The lowest BCUT2D eigenvalue weighted by Crippen LogP contribution is -2.44. The maximum atomic E-state index is 15.5. The number of aromatic nitrogens is 1. The fourth-order valence-corrected chi connectivity index (χ4v) is 5.40. The molecule has 0 amide bonds. The summed E-state index contributed by atoms with van der Waals surface area (Å²) in [5.74, 6) is 5.36. The molecule has 1 aliphatic rings. The van der Waals surface area contributed by atoms with Gasteiger partial charge in [-0.1, -0.05) is 23.4 Å². The summed E-state index contributed by atoms with van der Waals surface area (Å²) in [6.45, 7) is 1.70. The second-order valence-electron chi connectivity index (χ2n) is 8.49. The topological polar surface area (TPSA) is 62.7 Å². The number of nitrogens with zero attached hydrogens (tertiary/aromatic N) is 2. The number of fused-ring (bicyclic) bond motifs is 1. The van der Waals surface area contributed by atoms with E-state index < -0.39 is 18.1 Å². The monoisotopic (exact) mass is 500 g/mol. The third kappa shape index (κ3) is 5.69. The fourth-order valence-electron chi connectivity index (χ4n) is 4.54. The maximum absolute atomic E-state index is 15.5. The van der Waals surface area contributed by atoms with Gasteiger partial charge in [-0.3, -0.25) is 14.7 Å². The molecule has 0 radical (unpaired) electrons. The molecule has 0 spiro atoms. The molecule has 1 saturated heterocycles. The molecule has 5 nitrogen and oxygen atoms in total. The van der Waals surface area contributed by atoms with E-state index in [0.717, 1.165) is 12.1 Å². The van der Waals surface area contributed by atoms with E-state index in [1.807, 2.05) is 16.8 Å². The zero-order chi connectivity index (χ0) is 24.1. The minimum Gasteiger partial charge on any atom is -0.497 e. The number of methoxy groups -OCH3 is 1. The number of carbonyl (C=O) groups is 1. The van der Waals surface area contributed by atoms with Gasteiger partial charge in [0.05, 0.1) is 30.1 Å². The highest BCUT2D eigenvalue weighted by molar-refractivity contribution is 7.08. The molecule has 1 aromatic carbocycles. The number of halogens is 2. The molecule has 178 valence electrons. The van der Waals surface area contributed by atoms with Gasteiger partial charge in [0, 0.05) is 34.6 Å². The summed E-state index contributed by atoms with van der Waals surface area (Å²) >= 11 is 7.94. The molecule has 1 N–H and O–H groups in total. The van der Waals surface area contributed by atoms with Gasteiger partial charge in [-0.05, 0) is 61.4 Å². The summed E-state index contributed by atoms with van der Waals surface area (Å²) in [4.78, 5) is 18.3. The molecule has 8 heteroatoms. The van der Waals surface area contributed by atoms with Gasteiger partial charge in [-0.2, -0.15) is 11.3 Å². The lowest BCUT2D eigenvalue weighted by atomic mass is 9.81. The zero-order valence-electron chi connectivity index (χ0n) is 18.8. The van der Waals surface area contributed by atoms with Crippen LogP contribution in [0.15, 0.2) is 41.2 Å². The molecule has 2 aromatic heterocycles. The van der Waals surface area contributed by atoms with Crippen molar-refractivity contribution in [1.29, 1.82) is 0 Å². The number of rotatable bonds is 7. The molecule has 0 aliphatic carbocycles.